The summed E-state index contributed by atoms with van der Waals surface area (Å²) in [5.41, 5.74) is 3.20. The van der Waals surface area contributed by atoms with Crippen LogP contribution in [0.25, 0.3) is 0 Å². The van der Waals surface area contributed by atoms with Crippen LogP contribution >= 0.6 is 11.8 Å². The van der Waals surface area contributed by atoms with Crippen molar-refractivity contribution in [3.63, 3.8) is 0 Å². The topological polar surface area (TPSA) is 12.0 Å². The van der Waals surface area contributed by atoms with Crippen molar-refractivity contribution in [1.29, 1.82) is 0 Å². The largest absolute Gasteiger partial charge is 0.316 e. The van der Waals surface area contributed by atoms with E-state index >= 15 is 0 Å². The molecule has 0 spiro atoms. The van der Waals surface area contributed by atoms with E-state index in [0.717, 1.165) is 11.2 Å². The van der Waals surface area contributed by atoms with Gasteiger partial charge in [0, 0.05) is 16.2 Å². The molecule has 1 nitrogen and oxygen atoms in total. The van der Waals surface area contributed by atoms with Crippen LogP contribution < -0.4 is 5.32 Å². The molecule has 1 aromatic carbocycles. The fraction of sp³-hybridized carbons (Fsp3) is 0.667. The number of fused-ring (bicyclic) bond motifs is 1. The van der Waals surface area contributed by atoms with Gasteiger partial charge in [-0.2, -0.15) is 0 Å². The fourth-order valence-corrected chi connectivity index (χ4v) is 5.35. The molecule has 3 rings (SSSR count). The summed E-state index contributed by atoms with van der Waals surface area (Å²) in [7, 11) is 2.13. The lowest BCUT2D eigenvalue weighted by Gasteiger charge is -2.35. The van der Waals surface area contributed by atoms with Gasteiger partial charge >= 0.3 is 0 Å². The maximum atomic E-state index is 3.55. The first-order chi connectivity index (χ1) is 9.80. The van der Waals surface area contributed by atoms with Gasteiger partial charge in [0.25, 0.3) is 0 Å². The number of rotatable bonds is 4. The Bertz CT molecular complexity index is 457. The fourth-order valence-electron chi connectivity index (χ4n) is 3.84. The number of hydrogen-bond donors (Lipinski definition) is 1. The van der Waals surface area contributed by atoms with Crippen LogP contribution in [-0.4, -0.2) is 18.3 Å². The molecular formula is C18H27NS. The van der Waals surface area contributed by atoms with Crippen LogP contribution in [0, 0.1) is 5.92 Å². The molecule has 0 aromatic heterocycles. The molecule has 3 unspecified atom stereocenters. The van der Waals surface area contributed by atoms with Crippen LogP contribution in [-0.2, 0) is 12.8 Å². The molecule has 20 heavy (non-hydrogen) atoms. The molecule has 0 radical (unpaired) electrons. The van der Waals surface area contributed by atoms with Gasteiger partial charge in [0.1, 0.15) is 0 Å². The molecule has 1 N–H and O–H groups in total. The van der Waals surface area contributed by atoms with E-state index in [4.69, 9.17) is 0 Å². The zero-order valence-electron chi connectivity index (χ0n) is 12.8. The zero-order chi connectivity index (χ0) is 13.9. The third kappa shape index (κ3) is 3.07. The number of aryl methyl sites for hydroxylation is 2. The van der Waals surface area contributed by atoms with Crippen LogP contribution in [0.1, 0.15) is 50.2 Å². The molecule has 110 valence electrons. The van der Waals surface area contributed by atoms with Crippen LogP contribution in [0.15, 0.2) is 23.1 Å². The molecule has 3 atom stereocenters. The van der Waals surface area contributed by atoms with E-state index in [0.29, 0.717) is 6.04 Å². The van der Waals surface area contributed by atoms with Crippen LogP contribution in [0.5, 0.6) is 0 Å². The molecular weight excluding hydrogens is 262 g/mol. The zero-order valence-corrected chi connectivity index (χ0v) is 13.6. The molecule has 0 aliphatic heterocycles. The second-order valence-electron chi connectivity index (χ2n) is 6.42. The van der Waals surface area contributed by atoms with Gasteiger partial charge in [0.15, 0.2) is 0 Å². The van der Waals surface area contributed by atoms with E-state index in [2.05, 4.69) is 49.2 Å². The summed E-state index contributed by atoms with van der Waals surface area (Å²) in [5, 5.41) is 4.30. The predicted molar refractivity (Wildman–Crippen MR) is 88.6 cm³/mol. The third-order valence-corrected chi connectivity index (χ3v) is 6.56. The molecule has 0 amide bonds. The van der Waals surface area contributed by atoms with Crippen molar-refractivity contribution < 1.29 is 0 Å². The average Bonchev–Trinajstić information content (AvgIpc) is 2.94. The SMILES string of the molecule is CCC1CCC(NC)C(Sc2ccc3c(c2)CCC3)C1. The van der Waals surface area contributed by atoms with E-state index in [-0.39, 0.29) is 0 Å². The Morgan fingerprint density at radius 1 is 1.20 bits per heavy atom. The van der Waals surface area contributed by atoms with Crippen molar-refractivity contribution in [2.75, 3.05) is 7.05 Å². The Hall–Kier alpha value is -0.470. The van der Waals surface area contributed by atoms with Gasteiger partial charge < -0.3 is 5.32 Å². The lowest BCUT2D eigenvalue weighted by atomic mass is 9.84. The Morgan fingerprint density at radius 3 is 2.85 bits per heavy atom. The first-order valence-corrected chi connectivity index (χ1v) is 9.13. The molecule has 2 heteroatoms. The van der Waals surface area contributed by atoms with Crippen LogP contribution in [0.3, 0.4) is 0 Å². The van der Waals surface area contributed by atoms with Gasteiger partial charge in [-0.1, -0.05) is 19.4 Å². The van der Waals surface area contributed by atoms with Crippen molar-refractivity contribution in [3.05, 3.63) is 29.3 Å². The molecule has 0 saturated heterocycles. The molecule has 2 aliphatic carbocycles. The number of thioether (sulfide) groups is 1. The average molecular weight is 289 g/mol. The monoisotopic (exact) mass is 289 g/mol. The molecule has 0 bridgehead atoms. The van der Waals surface area contributed by atoms with Crippen LogP contribution in [0.4, 0.5) is 0 Å². The first kappa shape index (κ1) is 14.5. The molecule has 0 heterocycles. The van der Waals surface area contributed by atoms with Crippen molar-refractivity contribution >= 4 is 11.8 Å². The quantitative estimate of drug-likeness (QED) is 0.880. The molecule has 1 saturated carbocycles. The second-order valence-corrected chi connectivity index (χ2v) is 7.74. The van der Waals surface area contributed by atoms with E-state index in [1.807, 2.05) is 0 Å². The Balaban J connectivity index is 1.71. The highest BCUT2D eigenvalue weighted by molar-refractivity contribution is 8.00. The molecule has 1 fully saturated rings. The number of benzene rings is 1. The van der Waals surface area contributed by atoms with E-state index in [9.17, 15) is 0 Å². The minimum Gasteiger partial charge on any atom is -0.316 e. The highest BCUT2D eigenvalue weighted by atomic mass is 32.2. The van der Waals surface area contributed by atoms with E-state index in [1.54, 1.807) is 11.1 Å². The minimum atomic E-state index is 0.691. The number of hydrogen-bond acceptors (Lipinski definition) is 2. The van der Waals surface area contributed by atoms with E-state index in [1.165, 1.54) is 49.8 Å². The van der Waals surface area contributed by atoms with Crippen LogP contribution in [0.2, 0.25) is 0 Å². The van der Waals surface area contributed by atoms with Gasteiger partial charge in [0.2, 0.25) is 0 Å². The summed E-state index contributed by atoms with van der Waals surface area (Å²) in [6, 6.07) is 7.89. The number of nitrogens with one attached hydrogen (secondary N) is 1. The smallest absolute Gasteiger partial charge is 0.0250 e. The summed E-state index contributed by atoms with van der Waals surface area (Å²) in [6.07, 6.45) is 9.41. The van der Waals surface area contributed by atoms with E-state index < -0.39 is 0 Å². The lowest BCUT2D eigenvalue weighted by molar-refractivity contribution is 0.304. The van der Waals surface area contributed by atoms with Crippen molar-refractivity contribution in [3.8, 4) is 0 Å². The maximum absolute atomic E-state index is 3.55. The van der Waals surface area contributed by atoms with Gasteiger partial charge in [0.05, 0.1) is 0 Å². The Kier molecular flexibility index (Phi) is 4.72. The Morgan fingerprint density at radius 2 is 2.05 bits per heavy atom. The summed E-state index contributed by atoms with van der Waals surface area (Å²) >= 11 is 2.12. The molecule has 1 aromatic rings. The predicted octanol–water partition coefficient (Wildman–Crippen LogP) is 4.43. The maximum Gasteiger partial charge on any atom is 0.0250 e. The standard InChI is InChI=1S/C18H27NS/c1-3-13-7-10-17(19-2)18(11-13)20-16-9-8-14-5-4-6-15(14)12-16/h8-9,12-13,17-19H,3-7,10-11H2,1-2H3. The summed E-state index contributed by atoms with van der Waals surface area (Å²) < 4.78 is 0. The van der Waals surface area contributed by atoms with Gasteiger partial charge in [-0.25, -0.2) is 0 Å². The summed E-state index contributed by atoms with van der Waals surface area (Å²) in [6.45, 7) is 2.35. The molecule has 2 aliphatic rings. The highest BCUT2D eigenvalue weighted by Crippen LogP contribution is 2.38. The van der Waals surface area contributed by atoms with Gasteiger partial charge in [-0.15, -0.1) is 11.8 Å². The highest BCUT2D eigenvalue weighted by Gasteiger charge is 2.29. The minimum absolute atomic E-state index is 0.691. The van der Waals surface area contributed by atoms with Gasteiger partial charge in [-0.3, -0.25) is 0 Å². The Labute approximate surface area is 127 Å². The first-order valence-electron chi connectivity index (χ1n) is 8.26. The third-order valence-electron chi connectivity index (χ3n) is 5.21. The second kappa shape index (κ2) is 6.53. The summed E-state index contributed by atoms with van der Waals surface area (Å²) in [5.74, 6) is 0.937. The van der Waals surface area contributed by atoms with Crippen molar-refractivity contribution in [2.24, 2.45) is 5.92 Å². The summed E-state index contributed by atoms with van der Waals surface area (Å²) in [4.78, 5) is 1.49. The van der Waals surface area contributed by atoms with Gasteiger partial charge in [-0.05, 0) is 74.8 Å². The van der Waals surface area contributed by atoms with Crippen molar-refractivity contribution in [1.82, 2.24) is 5.32 Å². The normalized spacial score (nSPS) is 29.4. The van der Waals surface area contributed by atoms with Crippen molar-refractivity contribution in [2.45, 2.75) is 68.1 Å². The lowest BCUT2D eigenvalue weighted by Crippen LogP contribution is -2.40.